The highest BCUT2D eigenvalue weighted by Crippen LogP contribution is 2.18. The number of benzene rings is 2. The summed E-state index contributed by atoms with van der Waals surface area (Å²) in [6.45, 7) is 0.422. The highest BCUT2D eigenvalue weighted by molar-refractivity contribution is 6.06. The van der Waals surface area contributed by atoms with Gasteiger partial charge in [0, 0.05) is 18.3 Å². The number of rotatable bonds is 6. The number of carbonyl (C=O) groups excluding carboxylic acids is 2. The number of nitrogens with zero attached hydrogens (tertiary/aromatic N) is 1. The Morgan fingerprint density at radius 3 is 2.48 bits per heavy atom. The fourth-order valence-electron chi connectivity index (χ4n) is 2.54. The van der Waals surface area contributed by atoms with Crippen LogP contribution < -0.4 is 15.4 Å². The normalized spacial score (nSPS) is 10.1. The van der Waals surface area contributed by atoms with Crippen molar-refractivity contribution in [1.82, 2.24) is 10.3 Å². The first-order valence-electron chi connectivity index (χ1n) is 8.40. The van der Waals surface area contributed by atoms with Gasteiger partial charge in [0.25, 0.3) is 11.8 Å². The molecule has 1 aromatic heterocycles. The molecule has 0 aliphatic rings. The summed E-state index contributed by atoms with van der Waals surface area (Å²) >= 11 is 0. The lowest BCUT2D eigenvalue weighted by atomic mass is 10.2. The average Bonchev–Trinajstić information content (AvgIpc) is 2.73. The first-order chi connectivity index (χ1) is 13.2. The molecule has 2 N–H and O–H groups in total. The smallest absolute Gasteiger partial charge is 0.260 e. The number of carbonyl (C=O) groups is 2. The van der Waals surface area contributed by atoms with Gasteiger partial charge in [-0.2, -0.15) is 0 Å². The van der Waals surface area contributed by atoms with Gasteiger partial charge < -0.3 is 15.4 Å². The number of methoxy groups -OCH3 is 1. The van der Waals surface area contributed by atoms with Gasteiger partial charge in [-0.25, -0.2) is 4.98 Å². The zero-order valence-electron chi connectivity index (χ0n) is 14.8. The van der Waals surface area contributed by atoms with Crippen molar-refractivity contribution in [2.75, 3.05) is 12.4 Å². The van der Waals surface area contributed by atoms with Crippen molar-refractivity contribution in [1.29, 1.82) is 0 Å². The van der Waals surface area contributed by atoms with E-state index in [-0.39, 0.29) is 11.8 Å². The van der Waals surface area contributed by atoms with Gasteiger partial charge in [0.15, 0.2) is 0 Å². The Morgan fingerprint density at radius 1 is 0.963 bits per heavy atom. The summed E-state index contributed by atoms with van der Waals surface area (Å²) in [7, 11) is 1.50. The molecule has 6 nitrogen and oxygen atoms in total. The molecule has 0 atom stereocenters. The molecule has 0 bridgehead atoms. The van der Waals surface area contributed by atoms with E-state index in [9.17, 15) is 9.59 Å². The van der Waals surface area contributed by atoms with Gasteiger partial charge >= 0.3 is 0 Å². The lowest BCUT2D eigenvalue weighted by Crippen LogP contribution is -2.23. The number of amides is 2. The molecule has 0 aliphatic heterocycles. The van der Waals surface area contributed by atoms with Crippen LogP contribution in [-0.2, 0) is 6.54 Å². The minimum Gasteiger partial charge on any atom is -0.496 e. The zero-order chi connectivity index (χ0) is 19.1. The van der Waals surface area contributed by atoms with E-state index in [0.717, 1.165) is 5.56 Å². The third-order valence-corrected chi connectivity index (χ3v) is 3.91. The van der Waals surface area contributed by atoms with Crippen molar-refractivity contribution in [2.45, 2.75) is 6.54 Å². The standard InChI is InChI=1S/C21H19N3O3/c1-27-18-10-6-5-9-17(18)21(26)24-19-13-16(11-12-22-19)20(25)23-14-15-7-3-2-4-8-15/h2-13H,14H2,1H3,(H,23,25)(H,22,24,26). The van der Waals surface area contributed by atoms with Gasteiger partial charge in [-0.3, -0.25) is 9.59 Å². The van der Waals surface area contributed by atoms with Crippen LogP contribution in [0.4, 0.5) is 5.82 Å². The summed E-state index contributed by atoms with van der Waals surface area (Å²) < 4.78 is 5.19. The Kier molecular flexibility index (Phi) is 5.79. The molecule has 0 saturated carbocycles. The number of aromatic nitrogens is 1. The third-order valence-electron chi connectivity index (χ3n) is 3.91. The van der Waals surface area contributed by atoms with Crippen molar-refractivity contribution < 1.29 is 14.3 Å². The number of nitrogens with one attached hydrogen (secondary N) is 2. The first kappa shape index (κ1) is 18.1. The van der Waals surface area contributed by atoms with Gasteiger partial charge in [-0.05, 0) is 29.8 Å². The summed E-state index contributed by atoms with van der Waals surface area (Å²) in [6, 6.07) is 19.7. The second-order valence-electron chi connectivity index (χ2n) is 5.75. The second-order valence-corrected chi connectivity index (χ2v) is 5.75. The molecule has 3 rings (SSSR count). The van der Waals surface area contributed by atoms with Gasteiger partial charge in [0.05, 0.1) is 12.7 Å². The van der Waals surface area contributed by atoms with Crippen molar-refractivity contribution in [3.63, 3.8) is 0 Å². The molecule has 3 aromatic rings. The average molecular weight is 361 g/mol. The maximum Gasteiger partial charge on any atom is 0.260 e. The third kappa shape index (κ3) is 4.70. The van der Waals surface area contributed by atoms with E-state index in [2.05, 4.69) is 15.6 Å². The molecule has 0 saturated heterocycles. The van der Waals surface area contributed by atoms with Crippen molar-refractivity contribution in [3.8, 4) is 5.75 Å². The van der Waals surface area contributed by atoms with Crippen LogP contribution in [0.3, 0.4) is 0 Å². The van der Waals surface area contributed by atoms with E-state index in [1.807, 2.05) is 30.3 Å². The molecule has 0 radical (unpaired) electrons. The van der Waals surface area contributed by atoms with Crippen LogP contribution in [0.2, 0.25) is 0 Å². The summed E-state index contributed by atoms with van der Waals surface area (Å²) in [5.74, 6) is 0.154. The number of pyridine rings is 1. The predicted octanol–water partition coefficient (Wildman–Crippen LogP) is 3.27. The highest BCUT2D eigenvalue weighted by atomic mass is 16.5. The minimum absolute atomic E-state index is 0.242. The lowest BCUT2D eigenvalue weighted by Gasteiger charge is -2.10. The molecular formula is C21H19N3O3. The molecule has 2 amide bonds. The Morgan fingerprint density at radius 2 is 1.70 bits per heavy atom. The van der Waals surface area contributed by atoms with Crippen molar-refractivity contribution >= 4 is 17.6 Å². The van der Waals surface area contributed by atoms with Gasteiger partial charge in [0.2, 0.25) is 0 Å². The SMILES string of the molecule is COc1ccccc1C(=O)Nc1cc(C(=O)NCc2ccccc2)ccn1. The van der Waals surface area contributed by atoms with Gasteiger partial charge in [0.1, 0.15) is 11.6 Å². The van der Waals surface area contributed by atoms with Crippen LogP contribution in [0, 0.1) is 0 Å². The second kappa shape index (κ2) is 8.62. The highest BCUT2D eigenvalue weighted by Gasteiger charge is 2.13. The van der Waals surface area contributed by atoms with Crippen LogP contribution in [0.25, 0.3) is 0 Å². The van der Waals surface area contributed by atoms with Crippen LogP contribution >= 0.6 is 0 Å². The fraction of sp³-hybridized carbons (Fsp3) is 0.0952. The van der Waals surface area contributed by atoms with E-state index in [1.165, 1.54) is 19.4 Å². The van der Waals surface area contributed by atoms with Crippen molar-refractivity contribution in [3.05, 3.63) is 89.6 Å². The maximum atomic E-state index is 12.5. The predicted molar refractivity (Wildman–Crippen MR) is 103 cm³/mol. The number of para-hydroxylation sites is 1. The minimum atomic E-state index is -0.359. The van der Waals surface area contributed by atoms with Gasteiger partial charge in [-0.1, -0.05) is 42.5 Å². The van der Waals surface area contributed by atoms with Gasteiger partial charge in [-0.15, -0.1) is 0 Å². The van der Waals surface area contributed by atoms with Crippen molar-refractivity contribution in [2.24, 2.45) is 0 Å². The fourth-order valence-corrected chi connectivity index (χ4v) is 2.54. The van der Waals surface area contributed by atoms with E-state index in [1.54, 1.807) is 30.3 Å². The molecule has 27 heavy (non-hydrogen) atoms. The monoisotopic (exact) mass is 361 g/mol. The lowest BCUT2D eigenvalue weighted by molar-refractivity contribution is 0.0949. The molecule has 136 valence electrons. The number of anilines is 1. The maximum absolute atomic E-state index is 12.5. The molecule has 0 spiro atoms. The van der Waals surface area contributed by atoms with E-state index >= 15 is 0 Å². The number of hydrogen-bond acceptors (Lipinski definition) is 4. The molecular weight excluding hydrogens is 342 g/mol. The molecule has 0 unspecified atom stereocenters. The summed E-state index contributed by atoms with van der Waals surface area (Å²) in [6.07, 6.45) is 1.48. The molecule has 1 heterocycles. The Balaban J connectivity index is 1.68. The largest absolute Gasteiger partial charge is 0.496 e. The molecule has 0 fully saturated rings. The first-order valence-corrected chi connectivity index (χ1v) is 8.40. The zero-order valence-corrected chi connectivity index (χ0v) is 14.8. The van der Waals surface area contributed by atoms with E-state index in [0.29, 0.717) is 29.2 Å². The Bertz CT molecular complexity index is 942. The summed E-state index contributed by atoms with van der Waals surface area (Å²) in [4.78, 5) is 28.9. The summed E-state index contributed by atoms with van der Waals surface area (Å²) in [5, 5.41) is 5.54. The van der Waals surface area contributed by atoms with E-state index in [4.69, 9.17) is 4.74 Å². The molecule has 6 heteroatoms. The molecule has 2 aromatic carbocycles. The van der Waals surface area contributed by atoms with Crippen LogP contribution in [-0.4, -0.2) is 23.9 Å². The molecule has 0 aliphatic carbocycles. The van der Waals surface area contributed by atoms with E-state index < -0.39 is 0 Å². The quantitative estimate of drug-likeness (QED) is 0.706. The number of ether oxygens (including phenoxy) is 1. The topological polar surface area (TPSA) is 80.3 Å². The van der Waals surface area contributed by atoms with Crippen LogP contribution in [0.5, 0.6) is 5.75 Å². The summed E-state index contributed by atoms with van der Waals surface area (Å²) in [5.41, 5.74) is 1.81. The number of hydrogen-bond donors (Lipinski definition) is 2. The Hall–Kier alpha value is -3.67. The Labute approximate surface area is 157 Å². The van der Waals surface area contributed by atoms with Crippen LogP contribution in [0.15, 0.2) is 72.9 Å². The van der Waals surface area contributed by atoms with Crippen LogP contribution in [0.1, 0.15) is 26.3 Å².